The zero-order valence-corrected chi connectivity index (χ0v) is 19.2. The minimum absolute atomic E-state index is 0.0166. The Balaban J connectivity index is 2.38. The van der Waals surface area contributed by atoms with E-state index >= 15 is 0 Å². The maximum atomic E-state index is 5.98. The molecule has 5 nitrogen and oxygen atoms in total. The van der Waals surface area contributed by atoms with Crippen molar-refractivity contribution >= 4 is 75.6 Å². The molecular formula is C16H17Cl6N5. The fourth-order valence-electron chi connectivity index (χ4n) is 1.94. The molecule has 0 bridgehead atoms. The van der Waals surface area contributed by atoms with Gasteiger partial charge in [0.25, 0.3) is 0 Å². The molecule has 1 aromatic heterocycles. The zero-order chi connectivity index (χ0) is 20.4. The molecule has 148 valence electrons. The Morgan fingerprint density at radius 1 is 0.926 bits per heavy atom. The molecule has 0 saturated carbocycles. The Bertz CT molecular complexity index is 770. The molecule has 0 aliphatic rings. The number of hydrogen-bond donors (Lipinski definition) is 1. The van der Waals surface area contributed by atoms with E-state index < -0.39 is 7.59 Å². The van der Waals surface area contributed by atoms with Crippen molar-refractivity contribution in [2.75, 3.05) is 26.0 Å². The zero-order valence-electron chi connectivity index (χ0n) is 14.7. The van der Waals surface area contributed by atoms with E-state index in [1.165, 1.54) is 0 Å². The lowest BCUT2D eigenvalue weighted by molar-refractivity contribution is 0.325. The van der Waals surface area contributed by atoms with Gasteiger partial charge in [0.2, 0.25) is 13.5 Å². The van der Waals surface area contributed by atoms with Crippen molar-refractivity contribution in [1.29, 1.82) is 0 Å². The van der Waals surface area contributed by atoms with Gasteiger partial charge in [0.15, 0.2) is 11.6 Å². The van der Waals surface area contributed by atoms with Gasteiger partial charge in [-0.15, -0.1) is 0 Å². The molecule has 1 atom stereocenters. The van der Waals surface area contributed by atoms with Crippen molar-refractivity contribution in [2.45, 2.75) is 20.6 Å². The van der Waals surface area contributed by atoms with Crippen molar-refractivity contribution in [1.82, 2.24) is 19.9 Å². The SMILES string of the molecule is CC(CNc1nc(-c2ccc(C(Cl)(Cl)Cl)cc2)nc(C(Cl)(Cl)Cl)n1)N(C)C. The van der Waals surface area contributed by atoms with Gasteiger partial charge in [-0.1, -0.05) is 93.9 Å². The van der Waals surface area contributed by atoms with E-state index in [1.54, 1.807) is 24.3 Å². The van der Waals surface area contributed by atoms with E-state index in [-0.39, 0.29) is 11.9 Å². The Morgan fingerprint density at radius 2 is 1.52 bits per heavy atom. The molecule has 0 saturated heterocycles. The van der Waals surface area contributed by atoms with Gasteiger partial charge in [0.05, 0.1) is 0 Å². The number of likely N-dealkylation sites (N-methyl/N-ethyl adjacent to an activating group) is 1. The lowest BCUT2D eigenvalue weighted by Crippen LogP contribution is -2.32. The first-order valence-corrected chi connectivity index (χ1v) is 10.1. The summed E-state index contributed by atoms with van der Waals surface area (Å²) in [5.41, 5.74) is 1.18. The lowest BCUT2D eigenvalue weighted by Gasteiger charge is -2.20. The molecule has 0 amide bonds. The van der Waals surface area contributed by atoms with Gasteiger partial charge in [-0.3, -0.25) is 0 Å². The Kier molecular flexibility index (Phi) is 7.70. The van der Waals surface area contributed by atoms with Gasteiger partial charge < -0.3 is 10.2 Å². The first-order chi connectivity index (χ1) is 12.4. The van der Waals surface area contributed by atoms with Gasteiger partial charge in [-0.05, 0) is 21.0 Å². The number of hydrogen-bond acceptors (Lipinski definition) is 5. The van der Waals surface area contributed by atoms with E-state index in [0.717, 1.165) is 0 Å². The summed E-state index contributed by atoms with van der Waals surface area (Å²) in [6, 6.07) is 7.03. The third kappa shape index (κ3) is 6.64. The van der Waals surface area contributed by atoms with Crippen LogP contribution in [0.1, 0.15) is 18.3 Å². The molecule has 0 fully saturated rings. The highest BCUT2D eigenvalue weighted by Gasteiger charge is 2.29. The second kappa shape index (κ2) is 9.04. The molecule has 0 spiro atoms. The summed E-state index contributed by atoms with van der Waals surface area (Å²) < 4.78 is -3.31. The summed E-state index contributed by atoms with van der Waals surface area (Å²) in [4.78, 5) is 14.9. The molecule has 0 radical (unpaired) electrons. The predicted molar refractivity (Wildman–Crippen MR) is 115 cm³/mol. The number of nitrogens with one attached hydrogen (secondary N) is 1. The summed E-state index contributed by atoms with van der Waals surface area (Å²) in [5.74, 6) is 0.658. The van der Waals surface area contributed by atoms with Crippen LogP contribution in [0.3, 0.4) is 0 Å². The standard InChI is InChI=1S/C16H17Cl6N5/c1-9(27(2)3)8-23-14-25-12(24-13(26-14)16(20,21)22)10-4-6-11(7-5-10)15(17,18)19/h4-7,9H,8H2,1-3H3,(H,23,24,25,26). The number of anilines is 1. The monoisotopic (exact) mass is 489 g/mol. The number of halogens is 6. The van der Waals surface area contributed by atoms with E-state index in [2.05, 4.69) is 32.1 Å². The normalized spacial score (nSPS) is 13.7. The first-order valence-electron chi connectivity index (χ1n) is 7.79. The van der Waals surface area contributed by atoms with Crippen molar-refractivity contribution in [3.63, 3.8) is 0 Å². The number of aromatic nitrogens is 3. The van der Waals surface area contributed by atoms with Crippen LogP contribution < -0.4 is 5.32 Å². The third-order valence-electron chi connectivity index (χ3n) is 3.80. The summed E-state index contributed by atoms with van der Waals surface area (Å²) in [7, 11) is 3.95. The highest BCUT2D eigenvalue weighted by molar-refractivity contribution is 6.67. The number of alkyl halides is 6. The third-order valence-corrected chi connectivity index (χ3v) is 4.96. The van der Waals surface area contributed by atoms with Gasteiger partial charge in [0, 0.05) is 23.7 Å². The van der Waals surface area contributed by atoms with Gasteiger partial charge >= 0.3 is 0 Å². The Morgan fingerprint density at radius 3 is 2.00 bits per heavy atom. The summed E-state index contributed by atoms with van der Waals surface area (Å²) in [5, 5.41) is 3.14. The van der Waals surface area contributed by atoms with Crippen LogP contribution in [0.2, 0.25) is 0 Å². The van der Waals surface area contributed by atoms with E-state index in [0.29, 0.717) is 29.4 Å². The van der Waals surface area contributed by atoms with Gasteiger partial charge in [-0.25, -0.2) is 4.98 Å². The van der Waals surface area contributed by atoms with Crippen LogP contribution in [0, 0.1) is 0 Å². The molecular weight excluding hydrogens is 475 g/mol. The number of rotatable bonds is 5. The quantitative estimate of drug-likeness (QED) is 0.555. The minimum Gasteiger partial charge on any atom is -0.353 e. The summed E-state index contributed by atoms with van der Waals surface area (Å²) in [6.45, 7) is 2.66. The number of nitrogens with zero attached hydrogens (tertiary/aromatic N) is 4. The fraction of sp³-hybridized carbons (Fsp3) is 0.438. The van der Waals surface area contributed by atoms with Crippen molar-refractivity contribution in [2.24, 2.45) is 0 Å². The van der Waals surface area contributed by atoms with Crippen LogP contribution in [0.5, 0.6) is 0 Å². The highest BCUT2D eigenvalue weighted by atomic mass is 35.6. The molecule has 2 rings (SSSR count). The second-order valence-electron chi connectivity index (χ2n) is 6.07. The van der Waals surface area contributed by atoms with Crippen molar-refractivity contribution < 1.29 is 0 Å². The van der Waals surface area contributed by atoms with Gasteiger partial charge in [-0.2, -0.15) is 9.97 Å². The summed E-state index contributed by atoms with van der Waals surface area (Å²) in [6.07, 6.45) is 0. The largest absolute Gasteiger partial charge is 0.353 e. The molecule has 11 heteroatoms. The average Bonchev–Trinajstić information content (AvgIpc) is 2.58. The minimum atomic E-state index is -1.79. The van der Waals surface area contributed by atoms with Crippen molar-refractivity contribution in [3.05, 3.63) is 35.7 Å². The molecule has 1 N–H and O–H groups in total. The topological polar surface area (TPSA) is 53.9 Å². The highest BCUT2D eigenvalue weighted by Crippen LogP contribution is 2.39. The fourth-order valence-corrected chi connectivity index (χ4v) is 2.57. The molecule has 1 heterocycles. The van der Waals surface area contributed by atoms with Crippen LogP contribution in [0.15, 0.2) is 24.3 Å². The van der Waals surface area contributed by atoms with Gasteiger partial charge in [0.1, 0.15) is 0 Å². The Hall–Kier alpha value is -0.270. The predicted octanol–water partition coefficient (Wildman–Crippen LogP) is 5.55. The maximum Gasteiger partial charge on any atom is 0.250 e. The smallest absolute Gasteiger partial charge is 0.250 e. The molecule has 27 heavy (non-hydrogen) atoms. The molecule has 0 aliphatic carbocycles. The Labute approximate surface area is 188 Å². The van der Waals surface area contributed by atoms with E-state index in [1.807, 2.05) is 14.1 Å². The molecule has 1 aromatic carbocycles. The van der Waals surface area contributed by atoms with Crippen LogP contribution in [0.4, 0.5) is 5.95 Å². The van der Waals surface area contributed by atoms with Crippen LogP contribution in [-0.2, 0) is 7.59 Å². The number of benzene rings is 1. The summed E-state index contributed by atoms with van der Waals surface area (Å²) >= 11 is 35.6. The van der Waals surface area contributed by atoms with E-state index in [4.69, 9.17) is 69.6 Å². The van der Waals surface area contributed by atoms with Crippen LogP contribution in [-0.4, -0.2) is 46.5 Å². The maximum absolute atomic E-state index is 5.98. The van der Waals surface area contributed by atoms with Crippen LogP contribution >= 0.6 is 69.6 Å². The van der Waals surface area contributed by atoms with Crippen molar-refractivity contribution in [3.8, 4) is 11.4 Å². The second-order valence-corrected chi connectivity index (χ2v) is 10.6. The first kappa shape index (κ1) is 23.0. The average molecular weight is 492 g/mol. The molecule has 1 unspecified atom stereocenters. The lowest BCUT2D eigenvalue weighted by atomic mass is 10.1. The molecule has 0 aliphatic heterocycles. The molecule has 2 aromatic rings. The van der Waals surface area contributed by atoms with Crippen LogP contribution in [0.25, 0.3) is 11.4 Å². The van der Waals surface area contributed by atoms with E-state index in [9.17, 15) is 0 Å².